The molecule has 1 fully saturated rings. The molecule has 0 saturated heterocycles. The van der Waals surface area contributed by atoms with Crippen LogP contribution in [0.2, 0.25) is 0 Å². The molecule has 2 aromatic heterocycles. The van der Waals surface area contributed by atoms with Crippen molar-refractivity contribution < 1.29 is 32.3 Å². The highest BCUT2D eigenvalue weighted by Crippen LogP contribution is 2.34. The van der Waals surface area contributed by atoms with E-state index in [0.717, 1.165) is 62.5 Å². The first kappa shape index (κ1) is 23.2. The third kappa shape index (κ3) is 6.50. The molecule has 4 rings (SSSR count). The molecular formula is C19H26F3N5O4. The topological polar surface area (TPSA) is 107 Å². The number of hydrogen-bond acceptors (Lipinski definition) is 7. The zero-order chi connectivity index (χ0) is 22.6. The Bertz CT molecular complexity index is 878. The maximum atomic E-state index is 10.6. The lowest BCUT2D eigenvalue weighted by molar-refractivity contribution is -0.192. The molecule has 3 heterocycles. The standard InChI is InChI=1S/C17H25N5O2.C2HF3O2/c1-3-23-11-14-8-21(9-15-6-12(2)24-19-15)10-16-17(14)22(20-18-16)7-13-4-5-13;3-2(4,5)1(6)7/h6,13-14H,3-5,7-11H2,1-2H3;(H,6,7). The van der Waals surface area contributed by atoms with Crippen molar-refractivity contribution >= 4 is 5.97 Å². The van der Waals surface area contributed by atoms with Crippen molar-refractivity contribution in [2.24, 2.45) is 5.92 Å². The molecule has 0 radical (unpaired) electrons. The van der Waals surface area contributed by atoms with Gasteiger partial charge in [0.1, 0.15) is 11.5 Å². The van der Waals surface area contributed by atoms with Crippen molar-refractivity contribution in [2.75, 3.05) is 19.8 Å². The second-order valence-corrected chi connectivity index (χ2v) is 7.80. The first-order valence-corrected chi connectivity index (χ1v) is 10.1. The van der Waals surface area contributed by atoms with Gasteiger partial charge in [0.15, 0.2) is 0 Å². The van der Waals surface area contributed by atoms with Crippen molar-refractivity contribution in [1.82, 2.24) is 25.1 Å². The number of rotatable bonds is 7. The SMILES string of the molecule is CCOCC1CN(Cc2cc(C)on2)Cc2nnn(CC3CC3)c21.O=C(O)C(F)(F)F. The summed E-state index contributed by atoms with van der Waals surface area (Å²) in [5.41, 5.74) is 3.34. The smallest absolute Gasteiger partial charge is 0.475 e. The molecule has 12 heteroatoms. The van der Waals surface area contributed by atoms with E-state index in [1.54, 1.807) is 0 Å². The lowest BCUT2D eigenvalue weighted by Crippen LogP contribution is -2.36. The van der Waals surface area contributed by atoms with Crippen molar-refractivity contribution in [3.05, 3.63) is 28.9 Å². The Hall–Kier alpha value is -2.47. The Morgan fingerprint density at radius 1 is 1.39 bits per heavy atom. The molecular weight excluding hydrogens is 419 g/mol. The lowest BCUT2D eigenvalue weighted by atomic mass is 9.98. The number of ether oxygens (including phenoxy) is 1. The summed E-state index contributed by atoms with van der Waals surface area (Å²) in [7, 11) is 0. The quantitative estimate of drug-likeness (QED) is 0.694. The Morgan fingerprint density at radius 2 is 2.10 bits per heavy atom. The summed E-state index contributed by atoms with van der Waals surface area (Å²) in [4.78, 5) is 11.3. The van der Waals surface area contributed by atoms with Crippen LogP contribution >= 0.6 is 0 Å². The monoisotopic (exact) mass is 445 g/mol. The number of halogens is 3. The minimum absolute atomic E-state index is 0.315. The molecule has 1 N–H and O–H groups in total. The molecule has 1 aliphatic heterocycles. The minimum Gasteiger partial charge on any atom is -0.475 e. The number of carboxylic acids is 1. The van der Waals surface area contributed by atoms with Crippen LogP contribution < -0.4 is 0 Å². The summed E-state index contributed by atoms with van der Waals surface area (Å²) >= 11 is 0. The van der Waals surface area contributed by atoms with Gasteiger partial charge in [-0.1, -0.05) is 10.4 Å². The number of aliphatic carboxylic acids is 1. The van der Waals surface area contributed by atoms with E-state index in [0.29, 0.717) is 5.92 Å². The highest BCUT2D eigenvalue weighted by molar-refractivity contribution is 5.73. The molecule has 1 saturated carbocycles. The van der Waals surface area contributed by atoms with Crippen LogP contribution in [0.4, 0.5) is 13.2 Å². The molecule has 0 amide bonds. The molecule has 2 aromatic rings. The molecule has 1 unspecified atom stereocenters. The molecule has 0 aromatic carbocycles. The second-order valence-electron chi connectivity index (χ2n) is 7.80. The van der Waals surface area contributed by atoms with Gasteiger partial charge in [0.05, 0.1) is 18.0 Å². The number of alkyl halides is 3. The summed E-state index contributed by atoms with van der Waals surface area (Å²) in [5, 5.41) is 20.1. The number of fused-ring (bicyclic) bond motifs is 1. The van der Waals surface area contributed by atoms with Crippen LogP contribution in [0, 0.1) is 12.8 Å². The fourth-order valence-corrected chi connectivity index (χ4v) is 3.50. The first-order chi connectivity index (χ1) is 14.7. The number of nitrogens with zero attached hydrogens (tertiary/aromatic N) is 5. The average Bonchev–Trinajstić information content (AvgIpc) is 3.28. The minimum atomic E-state index is -5.08. The molecule has 9 nitrogen and oxygen atoms in total. The number of carbonyl (C=O) groups is 1. The van der Waals surface area contributed by atoms with Crippen LogP contribution in [-0.4, -0.2) is 62.1 Å². The van der Waals surface area contributed by atoms with Gasteiger partial charge in [-0.2, -0.15) is 13.2 Å². The van der Waals surface area contributed by atoms with Crippen LogP contribution in [0.1, 0.15) is 48.5 Å². The Morgan fingerprint density at radius 3 is 2.65 bits per heavy atom. The van der Waals surface area contributed by atoms with Gasteiger partial charge in [-0.15, -0.1) is 5.10 Å². The molecule has 0 bridgehead atoms. The number of aryl methyl sites for hydroxylation is 1. The third-order valence-electron chi connectivity index (χ3n) is 5.04. The Balaban J connectivity index is 0.000000339. The van der Waals surface area contributed by atoms with Gasteiger partial charge in [-0.3, -0.25) is 4.90 Å². The van der Waals surface area contributed by atoms with Gasteiger partial charge in [-0.05, 0) is 32.6 Å². The van der Waals surface area contributed by atoms with Crippen molar-refractivity contribution in [1.29, 1.82) is 0 Å². The predicted molar refractivity (Wildman–Crippen MR) is 101 cm³/mol. The van der Waals surface area contributed by atoms with Crippen LogP contribution in [0.5, 0.6) is 0 Å². The Labute approximate surface area is 177 Å². The van der Waals surface area contributed by atoms with Gasteiger partial charge in [0, 0.05) is 44.8 Å². The molecule has 0 spiro atoms. The fraction of sp³-hybridized carbons (Fsp3) is 0.684. The normalized spacial score (nSPS) is 18.9. The average molecular weight is 445 g/mol. The first-order valence-electron chi connectivity index (χ1n) is 10.1. The molecule has 1 atom stereocenters. The van der Waals surface area contributed by atoms with Crippen LogP contribution in [0.25, 0.3) is 0 Å². The fourth-order valence-electron chi connectivity index (χ4n) is 3.50. The van der Waals surface area contributed by atoms with Gasteiger partial charge < -0.3 is 14.4 Å². The van der Waals surface area contributed by atoms with E-state index in [1.165, 1.54) is 18.5 Å². The highest BCUT2D eigenvalue weighted by atomic mass is 19.4. The number of hydrogen-bond donors (Lipinski definition) is 1. The summed E-state index contributed by atoms with van der Waals surface area (Å²) in [6.45, 7) is 8.95. The van der Waals surface area contributed by atoms with Crippen LogP contribution in [-0.2, 0) is 29.2 Å². The van der Waals surface area contributed by atoms with Gasteiger partial charge >= 0.3 is 12.1 Å². The Kier molecular flexibility index (Phi) is 7.31. The van der Waals surface area contributed by atoms with Gasteiger partial charge in [0.25, 0.3) is 0 Å². The van der Waals surface area contributed by atoms with E-state index >= 15 is 0 Å². The summed E-state index contributed by atoms with van der Waals surface area (Å²) in [5.74, 6) is -0.799. The van der Waals surface area contributed by atoms with E-state index in [2.05, 4.69) is 25.1 Å². The van der Waals surface area contributed by atoms with Gasteiger partial charge in [0.2, 0.25) is 0 Å². The lowest BCUT2D eigenvalue weighted by Gasteiger charge is -2.31. The second kappa shape index (κ2) is 9.77. The highest BCUT2D eigenvalue weighted by Gasteiger charge is 2.38. The summed E-state index contributed by atoms with van der Waals surface area (Å²) in [6, 6.07) is 2.00. The van der Waals surface area contributed by atoms with E-state index in [-0.39, 0.29) is 0 Å². The van der Waals surface area contributed by atoms with Crippen LogP contribution in [0.15, 0.2) is 10.6 Å². The van der Waals surface area contributed by atoms with Crippen LogP contribution in [0.3, 0.4) is 0 Å². The molecule has 2 aliphatic rings. The molecule has 172 valence electrons. The van der Waals surface area contributed by atoms with Crippen molar-refractivity contribution in [2.45, 2.75) is 58.4 Å². The third-order valence-corrected chi connectivity index (χ3v) is 5.04. The van der Waals surface area contributed by atoms with E-state index in [4.69, 9.17) is 19.2 Å². The summed E-state index contributed by atoms with van der Waals surface area (Å²) in [6.07, 6.45) is -2.44. The van der Waals surface area contributed by atoms with E-state index in [1.807, 2.05) is 19.9 Å². The maximum Gasteiger partial charge on any atom is 0.490 e. The number of aromatic nitrogens is 4. The maximum absolute atomic E-state index is 10.6. The van der Waals surface area contributed by atoms with E-state index < -0.39 is 12.1 Å². The van der Waals surface area contributed by atoms with Gasteiger partial charge in [-0.25, -0.2) is 9.48 Å². The van der Waals surface area contributed by atoms with Crippen molar-refractivity contribution in [3.8, 4) is 0 Å². The van der Waals surface area contributed by atoms with E-state index in [9.17, 15) is 13.2 Å². The predicted octanol–water partition coefficient (Wildman–Crippen LogP) is 2.75. The summed E-state index contributed by atoms with van der Waals surface area (Å²) < 4.78 is 44.8. The largest absolute Gasteiger partial charge is 0.490 e. The zero-order valence-electron chi connectivity index (χ0n) is 17.4. The number of carboxylic acid groups (broad SMARTS) is 1. The molecule has 31 heavy (non-hydrogen) atoms. The molecule has 1 aliphatic carbocycles. The zero-order valence-corrected chi connectivity index (χ0v) is 17.4. The van der Waals surface area contributed by atoms with Crippen molar-refractivity contribution in [3.63, 3.8) is 0 Å².